The number of carbonyl (C=O) groups is 1. The van der Waals surface area contributed by atoms with Gasteiger partial charge >= 0.3 is 6.03 Å². The van der Waals surface area contributed by atoms with E-state index in [4.69, 9.17) is 0 Å². The van der Waals surface area contributed by atoms with Crippen LogP contribution in [0.2, 0.25) is 0 Å². The third-order valence-corrected chi connectivity index (χ3v) is 2.94. The molecule has 0 fully saturated rings. The van der Waals surface area contributed by atoms with Crippen molar-refractivity contribution in [2.45, 2.75) is 6.54 Å². The van der Waals surface area contributed by atoms with E-state index in [1.165, 1.54) is 0 Å². The molecule has 0 aromatic heterocycles. The van der Waals surface area contributed by atoms with E-state index in [2.05, 4.69) is 10.6 Å². The average molecular weight is 269 g/mol. The van der Waals surface area contributed by atoms with Gasteiger partial charge in [-0.25, -0.2) is 4.79 Å². The molecular weight excluding hydrogens is 250 g/mol. The number of carbonyl (C=O) groups excluding carboxylic acids is 1. The zero-order valence-corrected chi connectivity index (χ0v) is 11.8. The van der Waals surface area contributed by atoms with Crippen LogP contribution in [-0.2, 0) is 6.54 Å². The van der Waals surface area contributed by atoms with Gasteiger partial charge in [-0.2, -0.15) is 0 Å². The van der Waals surface area contributed by atoms with Crippen molar-refractivity contribution in [1.29, 1.82) is 0 Å². The van der Waals surface area contributed by atoms with Crippen LogP contribution in [0.5, 0.6) is 0 Å². The predicted molar refractivity (Wildman–Crippen MR) is 83.1 cm³/mol. The fraction of sp³-hybridized carbons (Fsp3) is 0.188. The summed E-state index contributed by atoms with van der Waals surface area (Å²) in [5.41, 5.74) is 2.95. The molecule has 2 N–H and O–H groups in total. The zero-order chi connectivity index (χ0) is 14.4. The van der Waals surface area contributed by atoms with E-state index in [0.29, 0.717) is 6.54 Å². The van der Waals surface area contributed by atoms with Crippen molar-refractivity contribution in [1.82, 2.24) is 5.32 Å². The lowest BCUT2D eigenvalue weighted by Gasteiger charge is -2.13. The summed E-state index contributed by atoms with van der Waals surface area (Å²) in [6.45, 7) is 0.516. The number of urea groups is 1. The number of rotatable bonds is 4. The number of anilines is 2. The maximum atomic E-state index is 11.8. The van der Waals surface area contributed by atoms with Crippen molar-refractivity contribution in [3.63, 3.8) is 0 Å². The third-order valence-electron chi connectivity index (χ3n) is 2.94. The van der Waals surface area contributed by atoms with Gasteiger partial charge < -0.3 is 15.5 Å². The minimum atomic E-state index is -0.202. The smallest absolute Gasteiger partial charge is 0.319 e. The Morgan fingerprint density at radius 1 is 1.00 bits per heavy atom. The first-order valence-electron chi connectivity index (χ1n) is 6.51. The third kappa shape index (κ3) is 4.02. The molecule has 0 radical (unpaired) electrons. The van der Waals surface area contributed by atoms with Crippen LogP contribution < -0.4 is 15.5 Å². The second-order valence-electron chi connectivity index (χ2n) is 4.73. The number of hydrogen-bond donors (Lipinski definition) is 2. The maximum absolute atomic E-state index is 11.8. The van der Waals surface area contributed by atoms with Crippen LogP contribution in [-0.4, -0.2) is 20.1 Å². The predicted octanol–water partition coefficient (Wildman–Crippen LogP) is 3.07. The molecule has 4 heteroatoms. The summed E-state index contributed by atoms with van der Waals surface area (Å²) in [6, 6.07) is 17.3. The molecule has 0 saturated heterocycles. The lowest BCUT2D eigenvalue weighted by Crippen LogP contribution is -2.28. The molecule has 4 nitrogen and oxygen atoms in total. The average Bonchev–Trinajstić information content (AvgIpc) is 2.47. The summed E-state index contributed by atoms with van der Waals surface area (Å²) < 4.78 is 0. The van der Waals surface area contributed by atoms with Gasteiger partial charge in [0.2, 0.25) is 0 Å². The van der Waals surface area contributed by atoms with Gasteiger partial charge in [0.25, 0.3) is 0 Å². The summed E-state index contributed by atoms with van der Waals surface area (Å²) in [6.07, 6.45) is 0. The summed E-state index contributed by atoms with van der Waals surface area (Å²) in [5, 5.41) is 5.63. The normalized spacial score (nSPS) is 9.90. The molecule has 2 rings (SSSR count). The van der Waals surface area contributed by atoms with Gasteiger partial charge in [0.15, 0.2) is 0 Å². The van der Waals surface area contributed by atoms with E-state index >= 15 is 0 Å². The molecule has 2 aromatic carbocycles. The lowest BCUT2D eigenvalue weighted by molar-refractivity contribution is 0.251. The van der Waals surface area contributed by atoms with E-state index in [0.717, 1.165) is 16.9 Å². The molecule has 0 aliphatic heterocycles. The van der Waals surface area contributed by atoms with Crippen molar-refractivity contribution in [3.05, 3.63) is 60.2 Å². The Bertz CT molecular complexity index is 550. The van der Waals surface area contributed by atoms with Crippen molar-refractivity contribution in [3.8, 4) is 0 Å². The van der Waals surface area contributed by atoms with Gasteiger partial charge in [0.1, 0.15) is 0 Å². The zero-order valence-electron chi connectivity index (χ0n) is 11.8. The monoisotopic (exact) mass is 269 g/mol. The SMILES string of the molecule is CN(C)c1ccc(NC(=O)NCc2ccccc2)cc1. The highest BCUT2D eigenvalue weighted by atomic mass is 16.2. The van der Waals surface area contributed by atoms with Crippen molar-refractivity contribution in [2.75, 3.05) is 24.3 Å². The fourth-order valence-corrected chi connectivity index (χ4v) is 1.80. The second-order valence-corrected chi connectivity index (χ2v) is 4.73. The molecule has 0 aliphatic rings. The number of nitrogens with zero attached hydrogens (tertiary/aromatic N) is 1. The molecule has 0 heterocycles. The molecule has 0 spiro atoms. The van der Waals surface area contributed by atoms with Crippen LogP contribution in [0, 0.1) is 0 Å². The Kier molecular flexibility index (Phi) is 4.60. The van der Waals surface area contributed by atoms with Crippen molar-refractivity contribution < 1.29 is 4.79 Å². The topological polar surface area (TPSA) is 44.4 Å². The van der Waals surface area contributed by atoms with Crippen LogP contribution in [0.4, 0.5) is 16.2 Å². The lowest BCUT2D eigenvalue weighted by atomic mass is 10.2. The van der Waals surface area contributed by atoms with Gasteiger partial charge in [0.05, 0.1) is 0 Å². The van der Waals surface area contributed by atoms with E-state index < -0.39 is 0 Å². The first-order chi connectivity index (χ1) is 9.65. The molecule has 2 amide bonds. The molecule has 104 valence electrons. The largest absolute Gasteiger partial charge is 0.378 e. The number of amides is 2. The molecule has 0 atom stereocenters. The highest BCUT2D eigenvalue weighted by molar-refractivity contribution is 5.89. The van der Waals surface area contributed by atoms with Gasteiger partial charge in [-0.1, -0.05) is 30.3 Å². The van der Waals surface area contributed by atoms with Crippen LogP contribution in [0.3, 0.4) is 0 Å². The molecular formula is C16H19N3O. The first kappa shape index (κ1) is 13.9. The summed E-state index contributed by atoms with van der Waals surface area (Å²) >= 11 is 0. The fourth-order valence-electron chi connectivity index (χ4n) is 1.80. The highest BCUT2D eigenvalue weighted by Crippen LogP contribution is 2.15. The van der Waals surface area contributed by atoms with Crippen LogP contribution in [0.25, 0.3) is 0 Å². The van der Waals surface area contributed by atoms with Crippen LogP contribution in [0.15, 0.2) is 54.6 Å². The molecule has 0 aliphatic carbocycles. The minimum Gasteiger partial charge on any atom is -0.378 e. The summed E-state index contributed by atoms with van der Waals surface area (Å²) in [4.78, 5) is 13.8. The Labute approximate surface area is 119 Å². The van der Waals surface area contributed by atoms with E-state index in [-0.39, 0.29) is 6.03 Å². The maximum Gasteiger partial charge on any atom is 0.319 e. The van der Waals surface area contributed by atoms with E-state index in [1.54, 1.807) is 0 Å². The standard InChI is InChI=1S/C16H19N3O/c1-19(2)15-10-8-14(9-11-15)18-16(20)17-12-13-6-4-3-5-7-13/h3-11H,12H2,1-2H3,(H2,17,18,20). The molecule has 0 bridgehead atoms. The van der Waals surface area contributed by atoms with Crippen molar-refractivity contribution >= 4 is 17.4 Å². The second kappa shape index (κ2) is 6.61. The van der Waals surface area contributed by atoms with Crippen LogP contribution >= 0.6 is 0 Å². The highest BCUT2D eigenvalue weighted by Gasteiger charge is 2.02. The Hall–Kier alpha value is -2.49. The number of benzene rings is 2. The van der Waals surface area contributed by atoms with E-state index in [9.17, 15) is 4.79 Å². The van der Waals surface area contributed by atoms with Crippen molar-refractivity contribution in [2.24, 2.45) is 0 Å². The van der Waals surface area contributed by atoms with Gasteiger partial charge in [-0.05, 0) is 29.8 Å². The van der Waals surface area contributed by atoms with Crippen LogP contribution in [0.1, 0.15) is 5.56 Å². The quantitative estimate of drug-likeness (QED) is 0.896. The number of hydrogen-bond acceptors (Lipinski definition) is 2. The van der Waals surface area contributed by atoms with E-state index in [1.807, 2.05) is 73.6 Å². The summed E-state index contributed by atoms with van der Waals surface area (Å²) in [5.74, 6) is 0. The minimum absolute atomic E-state index is 0.202. The molecule has 0 saturated carbocycles. The van der Waals surface area contributed by atoms with Gasteiger partial charge in [-0.15, -0.1) is 0 Å². The molecule has 2 aromatic rings. The van der Waals surface area contributed by atoms with Gasteiger partial charge in [-0.3, -0.25) is 0 Å². The van der Waals surface area contributed by atoms with Gasteiger partial charge in [0, 0.05) is 32.0 Å². The molecule has 0 unspecified atom stereocenters. The summed E-state index contributed by atoms with van der Waals surface area (Å²) in [7, 11) is 3.96. The Balaban J connectivity index is 1.85. The first-order valence-corrected chi connectivity index (χ1v) is 6.51. The Morgan fingerprint density at radius 2 is 1.65 bits per heavy atom. The Morgan fingerprint density at radius 3 is 2.25 bits per heavy atom. The number of nitrogens with one attached hydrogen (secondary N) is 2. The molecule has 20 heavy (non-hydrogen) atoms.